The molecule has 1 aliphatic heterocycles. The van der Waals surface area contributed by atoms with Gasteiger partial charge in [0.1, 0.15) is 11.6 Å². The van der Waals surface area contributed by atoms with E-state index in [1.54, 1.807) is 6.92 Å². The first-order valence-electron chi connectivity index (χ1n) is 13.6. The number of aryl methyl sites for hydroxylation is 3. The zero-order valence-corrected chi connectivity index (χ0v) is 25.7. The molecule has 0 fully saturated rings. The highest BCUT2D eigenvalue weighted by Gasteiger charge is 2.31. The lowest BCUT2D eigenvalue weighted by molar-refractivity contribution is 0.576. The summed E-state index contributed by atoms with van der Waals surface area (Å²) in [4.78, 5) is 5.66. The van der Waals surface area contributed by atoms with Crippen molar-refractivity contribution in [3.05, 3.63) is 110 Å². The predicted octanol–water partition coefficient (Wildman–Crippen LogP) is 10.2. The Balaban J connectivity index is 0.000000222. The van der Waals surface area contributed by atoms with Crippen LogP contribution in [0.2, 0.25) is 0 Å². The van der Waals surface area contributed by atoms with Gasteiger partial charge in [0.05, 0.1) is 10.5 Å². The van der Waals surface area contributed by atoms with Gasteiger partial charge < -0.3 is 0 Å². The van der Waals surface area contributed by atoms with Gasteiger partial charge in [-0.2, -0.15) is 0 Å². The molecule has 0 unspecified atom stereocenters. The van der Waals surface area contributed by atoms with E-state index in [-0.39, 0.29) is 16.2 Å². The number of thiophene rings is 2. The smallest absolute Gasteiger partial charge is 0.203 e. The van der Waals surface area contributed by atoms with Gasteiger partial charge in [-0.3, -0.25) is 0 Å². The van der Waals surface area contributed by atoms with Gasteiger partial charge in [0.25, 0.3) is 0 Å². The van der Waals surface area contributed by atoms with E-state index in [2.05, 4.69) is 45.0 Å². The molecule has 7 heteroatoms. The first kappa shape index (κ1) is 30.1. The number of rotatable bonds is 8. The first-order valence-corrected chi connectivity index (χ1v) is 16.8. The van der Waals surface area contributed by atoms with Gasteiger partial charge >= 0.3 is 0 Å². The highest BCUT2D eigenvalue weighted by molar-refractivity contribution is 8.04. The minimum Gasteiger partial charge on any atom is -0.219 e. The molecule has 2 nitrogen and oxygen atoms in total. The van der Waals surface area contributed by atoms with Crippen LogP contribution in [0.5, 0.6) is 0 Å². The fraction of sp³-hybridized carbons (Fsp3) is 0.273. The lowest BCUT2D eigenvalue weighted by Gasteiger charge is -2.11. The maximum absolute atomic E-state index is 14.7. The van der Waals surface area contributed by atoms with Crippen molar-refractivity contribution in [3.8, 4) is 20.9 Å². The van der Waals surface area contributed by atoms with E-state index in [1.165, 1.54) is 43.8 Å². The van der Waals surface area contributed by atoms with Crippen molar-refractivity contribution < 1.29 is 17.2 Å². The first-order chi connectivity index (χ1) is 19.2. The van der Waals surface area contributed by atoms with Gasteiger partial charge in [0.2, 0.25) is 9.84 Å². The SMILES string of the molecule is CCCc1ccc(-c2cc(F)c(C3=CC=C(CC)S3(=O)=O)c(F)c2)cc1.CCc1ccc(-c2ccc(CC)s2)s1. The maximum atomic E-state index is 14.7. The van der Waals surface area contributed by atoms with E-state index in [0.717, 1.165) is 31.2 Å². The Labute approximate surface area is 244 Å². The van der Waals surface area contributed by atoms with Crippen molar-refractivity contribution in [2.75, 3.05) is 0 Å². The molecule has 4 aromatic rings. The molecule has 0 bridgehead atoms. The van der Waals surface area contributed by atoms with Crippen LogP contribution in [0.25, 0.3) is 25.8 Å². The third kappa shape index (κ3) is 6.54. The van der Waals surface area contributed by atoms with Crippen LogP contribution in [-0.4, -0.2) is 8.42 Å². The summed E-state index contributed by atoms with van der Waals surface area (Å²) in [5, 5.41) is 0. The summed E-state index contributed by atoms with van der Waals surface area (Å²) in [7, 11) is -3.82. The molecule has 1 aliphatic rings. The van der Waals surface area contributed by atoms with E-state index in [0.29, 0.717) is 11.1 Å². The summed E-state index contributed by atoms with van der Waals surface area (Å²) >= 11 is 3.84. The summed E-state index contributed by atoms with van der Waals surface area (Å²) in [6, 6.07) is 18.9. The largest absolute Gasteiger partial charge is 0.219 e. The Morgan fingerprint density at radius 3 is 1.65 bits per heavy atom. The highest BCUT2D eigenvalue weighted by atomic mass is 32.2. The summed E-state index contributed by atoms with van der Waals surface area (Å²) in [5.41, 5.74) is 1.74. The highest BCUT2D eigenvalue weighted by Crippen LogP contribution is 2.38. The van der Waals surface area contributed by atoms with Gasteiger partial charge in [-0.1, -0.05) is 58.4 Å². The number of sulfone groups is 1. The minimum atomic E-state index is -3.82. The normalized spacial score (nSPS) is 13.9. The van der Waals surface area contributed by atoms with Gasteiger partial charge in [0, 0.05) is 24.4 Å². The molecular weight excluding hydrogens is 563 g/mol. The quantitative estimate of drug-likeness (QED) is 0.203. The Morgan fingerprint density at radius 1 is 0.675 bits per heavy atom. The third-order valence-electron chi connectivity index (χ3n) is 6.78. The molecule has 0 aliphatic carbocycles. The Hall–Kier alpha value is -2.87. The van der Waals surface area contributed by atoms with E-state index < -0.39 is 27.0 Å². The average Bonchev–Trinajstić information content (AvgIpc) is 3.68. The fourth-order valence-corrected chi connectivity index (χ4v) is 8.15. The molecule has 0 saturated carbocycles. The van der Waals surface area contributed by atoms with E-state index in [9.17, 15) is 17.2 Å². The van der Waals surface area contributed by atoms with E-state index in [4.69, 9.17) is 0 Å². The van der Waals surface area contributed by atoms with Crippen molar-refractivity contribution in [1.82, 2.24) is 0 Å². The second-order valence-corrected chi connectivity index (χ2v) is 13.8. The molecule has 0 atom stereocenters. The van der Waals surface area contributed by atoms with Crippen LogP contribution in [-0.2, 0) is 29.1 Å². The van der Waals surface area contributed by atoms with Crippen LogP contribution in [0.3, 0.4) is 0 Å². The Kier molecular flexibility index (Phi) is 9.93. The monoisotopic (exact) mass is 596 g/mol. The van der Waals surface area contributed by atoms with Crippen molar-refractivity contribution in [2.24, 2.45) is 0 Å². The summed E-state index contributed by atoms with van der Waals surface area (Å²) in [6.45, 7) is 8.20. The molecule has 0 spiro atoms. The molecule has 0 N–H and O–H groups in total. The molecular formula is C33H34F2O2S3. The maximum Gasteiger partial charge on any atom is 0.203 e. The molecule has 2 aromatic carbocycles. The van der Waals surface area contributed by atoms with Gasteiger partial charge in [-0.15, -0.1) is 22.7 Å². The second kappa shape index (κ2) is 13.2. The van der Waals surface area contributed by atoms with Crippen LogP contribution in [0, 0.1) is 11.6 Å². The van der Waals surface area contributed by atoms with Crippen molar-refractivity contribution in [3.63, 3.8) is 0 Å². The van der Waals surface area contributed by atoms with Crippen LogP contribution in [0.1, 0.15) is 61.4 Å². The van der Waals surface area contributed by atoms with Gasteiger partial charge in [-0.05, 0) is 90.9 Å². The number of allylic oxidation sites excluding steroid dienone is 3. The summed E-state index contributed by atoms with van der Waals surface area (Å²) in [5.74, 6) is -1.75. The molecule has 2 aromatic heterocycles. The predicted molar refractivity (Wildman–Crippen MR) is 167 cm³/mol. The van der Waals surface area contributed by atoms with Crippen LogP contribution in [0.4, 0.5) is 8.78 Å². The lowest BCUT2D eigenvalue weighted by atomic mass is 10.00. The van der Waals surface area contributed by atoms with Crippen molar-refractivity contribution in [1.29, 1.82) is 0 Å². The van der Waals surface area contributed by atoms with Crippen molar-refractivity contribution >= 4 is 37.4 Å². The zero-order chi connectivity index (χ0) is 28.9. The Morgan fingerprint density at radius 2 is 1.23 bits per heavy atom. The lowest BCUT2D eigenvalue weighted by Crippen LogP contribution is -2.06. The minimum absolute atomic E-state index is 0.168. The fourth-order valence-electron chi connectivity index (χ4n) is 4.54. The molecule has 40 heavy (non-hydrogen) atoms. The molecule has 0 radical (unpaired) electrons. The summed E-state index contributed by atoms with van der Waals surface area (Å²) < 4.78 is 54.1. The molecule has 0 saturated heterocycles. The zero-order valence-electron chi connectivity index (χ0n) is 23.3. The molecule has 210 valence electrons. The van der Waals surface area contributed by atoms with Crippen LogP contribution >= 0.6 is 22.7 Å². The van der Waals surface area contributed by atoms with Gasteiger partial charge in [0.15, 0.2) is 0 Å². The number of benzene rings is 2. The topological polar surface area (TPSA) is 34.1 Å². The Bertz CT molecular complexity index is 1580. The van der Waals surface area contributed by atoms with Crippen LogP contribution in [0.15, 0.2) is 77.7 Å². The number of halogens is 2. The molecule has 0 amide bonds. The van der Waals surface area contributed by atoms with Gasteiger partial charge in [-0.25, -0.2) is 17.2 Å². The second-order valence-electron chi connectivity index (χ2n) is 9.52. The molecule has 5 rings (SSSR count). The third-order valence-corrected chi connectivity index (χ3v) is 11.5. The number of hydrogen-bond acceptors (Lipinski definition) is 4. The summed E-state index contributed by atoms with van der Waals surface area (Å²) in [6.07, 6.45) is 7.23. The van der Waals surface area contributed by atoms with E-state index in [1.807, 2.05) is 46.9 Å². The van der Waals surface area contributed by atoms with Crippen LogP contribution < -0.4 is 0 Å². The average molecular weight is 597 g/mol. The number of hydrogen-bond donors (Lipinski definition) is 0. The van der Waals surface area contributed by atoms with Crippen molar-refractivity contribution in [2.45, 2.75) is 59.8 Å². The standard InChI is InChI=1S/C21H20F2O2S.C12H14S2/c1-3-5-14-6-8-15(9-7-14)16-12-18(22)21(19(23)13-16)20-11-10-17(4-2)26(20,24)25;1-3-9-5-7-11(13-9)12-8-6-10(4-2)14-12/h6-13H,3-5H2,1-2H3;5-8H,3-4H2,1-2H3. The van der Waals surface area contributed by atoms with E-state index >= 15 is 0 Å². The molecule has 3 heterocycles.